The number of rotatable bonds is 9. The number of carboxylic acid groups (broad SMARTS) is 1. The van der Waals surface area contributed by atoms with Crippen molar-refractivity contribution in [1.82, 2.24) is 0 Å². The van der Waals surface area contributed by atoms with Crippen LogP contribution in [-0.2, 0) is 32.6 Å². The molecule has 2 aromatic rings. The SMILES string of the molecule is Cc1ccc(COO)c(COOC(C)(C)OC(=O)c2cc(C)ccc2C(=O)O)c1. The van der Waals surface area contributed by atoms with Gasteiger partial charge in [0.1, 0.15) is 13.2 Å². The first-order chi connectivity index (χ1) is 13.6. The van der Waals surface area contributed by atoms with Gasteiger partial charge in [-0.2, -0.15) is 4.89 Å². The van der Waals surface area contributed by atoms with Gasteiger partial charge in [0.2, 0.25) is 5.79 Å². The molecule has 0 fully saturated rings. The summed E-state index contributed by atoms with van der Waals surface area (Å²) in [5, 5.41) is 18.0. The summed E-state index contributed by atoms with van der Waals surface area (Å²) in [6.45, 7) is 6.59. The molecule has 0 amide bonds. The summed E-state index contributed by atoms with van der Waals surface area (Å²) in [6, 6.07) is 9.90. The highest BCUT2D eigenvalue weighted by Gasteiger charge is 2.28. The van der Waals surface area contributed by atoms with E-state index in [-0.39, 0.29) is 24.3 Å². The van der Waals surface area contributed by atoms with Crippen LogP contribution in [0.1, 0.15) is 56.8 Å². The molecule has 0 radical (unpaired) electrons. The van der Waals surface area contributed by atoms with Gasteiger partial charge >= 0.3 is 11.9 Å². The van der Waals surface area contributed by atoms with Crippen molar-refractivity contribution in [3.63, 3.8) is 0 Å². The number of esters is 1. The Morgan fingerprint density at radius 2 is 1.59 bits per heavy atom. The Kier molecular flexibility index (Phi) is 7.46. The summed E-state index contributed by atoms with van der Waals surface area (Å²) in [6.07, 6.45) is 0. The van der Waals surface area contributed by atoms with Gasteiger partial charge in [-0.3, -0.25) is 5.26 Å². The number of hydrogen-bond acceptors (Lipinski definition) is 7. The van der Waals surface area contributed by atoms with Crippen molar-refractivity contribution >= 4 is 11.9 Å². The Balaban J connectivity index is 2.04. The molecule has 0 aliphatic carbocycles. The molecule has 0 saturated heterocycles. The predicted octanol–water partition coefficient (Wildman–Crippen LogP) is 4.03. The quantitative estimate of drug-likeness (QED) is 0.279. The summed E-state index contributed by atoms with van der Waals surface area (Å²) in [5.41, 5.74) is 2.91. The van der Waals surface area contributed by atoms with E-state index in [4.69, 9.17) is 19.8 Å². The number of ether oxygens (including phenoxy) is 1. The zero-order valence-electron chi connectivity index (χ0n) is 16.7. The van der Waals surface area contributed by atoms with E-state index < -0.39 is 17.7 Å². The van der Waals surface area contributed by atoms with Crippen LogP contribution in [0, 0.1) is 13.8 Å². The minimum atomic E-state index is -1.48. The molecule has 0 aliphatic rings. The van der Waals surface area contributed by atoms with Gasteiger partial charge in [0.15, 0.2) is 0 Å². The first kappa shape index (κ1) is 22.5. The van der Waals surface area contributed by atoms with Crippen LogP contribution in [0.2, 0.25) is 0 Å². The molecule has 2 N–H and O–H groups in total. The van der Waals surface area contributed by atoms with E-state index in [1.165, 1.54) is 26.0 Å². The van der Waals surface area contributed by atoms with Gasteiger partial charge in [-0.25, -0.2) is 19.4 Å². The number of carbonyl (C=O) groups excluding carboxylic acids is 1. The Labute approximate surface area is 168 Å². The van der Waals surface area contributed by atoms with Crippen molar-refractivity contribution in [2.24, 2.45) is 0 Å². The number of hydrogen-bond donors (Lipinski definition) is 2. The van der Waals surface area contributed by atoms with E-state index in [9.17, 15) is 14.7 Å². The smallest absolute Gasteiger partial charge is 0.341 e. The van der Waals surface area contributed by atoms with E-state index in [2.05, 4.69) is 4.89 Å². The summed E-state index contributed by atoms with van der Waals surface area (Å²) in [4.78, 5) is 38.5. The van der Waals surface area contributed by atoms with Crippen LogP contribution < -0.4 is 0 Å². The number of aryl methyl sites for hydroxylation is 2. The highest BCUT2D eigenvalue weighted by atomic mass is 17.2. The van der Waals surface area contributed by atoms with Gasteiger partial charge in [-0.05, 0) is 37.1 Å². The molecule has 0 heterocycles. The lowest BCUT2D eigenvalue weighted by Crippen LogP contribution is -2.32. The Morgan fingerprint density at radius 1 is 0.931 bits per heavy atom. The van der Waals surface area contributed by atoms with Crippen molar-refractivity contribution in [3.8, 4) is 0 Å². The molecule has 0 saturated carbocycles. The largest absolute Gasteiger partial charge is 0.478 e. The van der Waals surface area contributed by atoms with Crippen LogP contribution in [0.3, 0.4) is 0 Å². The molecule has 0 aromatic heterocycles. The van der Waals surface area contributed by atoms with Crippen molar-refractivity contribution in [3.05, 3.63) is 69.8 Å². The fourth-order valence-electron chi connectivity index (χ4n) is 2.64. The Hall–Kier alpha value is -2.78. The van der Waals surface area contributed by atoms with Crippen LogP contribution in [0.15, 0.2) is 36.4 Å². The molecule has 0 bridgehead atoms. The zero-order valence-corrected chi connectivity index (χ0v) is 16.7. The van der Waals surface area contributed by atoms with Crippen LogP contribution in [0.5, 0.6) is 0 Å². The second kappa shape index (κ2) is 9.62. The van der Waals surface area contributed by atoms with Crippen LogP contribution in [0.25, 0.3) is 0 Å². The number of carbonyl (C=O) groups is 2. The van der Waals surface area contributed by atoms with Crippen molar-refractivity contribution in [2.75, 3.05) is 0 Å². The monoisotopic (exact) mass is 404 g/mol. The molecule has 8 nitrogen and oxygen atoms in total. The minimum absolute atomic E-state index is 0.0112. The second-order valence-corrected chi connectivity index (χ2v) is 7.03. The Bertz CT molecular complexity index is 888. The fraction of sp³-hybridized carbons (Fsp3) is 0.333. The van der Waals surface area contributed by atoms with E-state index >= 15 is 0 Å². The lowest BCUT2D eigenvalue weighted by molar-refractivity contribution is -0.411. The first-order valence-electron chi connectivity index (χ1n) is 8.85. The van der Waals surface area contributed by atoms with E-state index in [1.54, 1.807) is 19.1 Å². The third-order valence-electron chi connectivity index (χ3n) is 4.02. The van der Waals surface area contributed by atoms with Crippen molar-refractivity contribution in [2.45, 2.75) is 46.7 Å². The van der Waals surface area contributed by atoms with Gasteiger partial charge in [0, 0.05) is 13.8 Å². The standard InChI is InChI=1S/C21H24O8/c1-13-5-7-15(11-26-25)16(9-13)12-27-29-21(3,4)28-20(24)18-10-14(2)6-8-17(18)19(22)23/h5-10,25H,11-12H2,1-4H3,(H,22,23). The third-order valence-corrected chi connectivity index (χ3v) is 4.02. The van der Waals surface area contributed by atoms with Crippen LogP contribution >= 0.6 is 0 Å². The number of carboxylic acids is 1. The summed E-state index contributed by atoms with van der Waals surface area (Å²) >= 11 is 0. The summed E-state index contributed by atoms with van der Waals surface area (Å²) in [5.74, 6) is -3.55. The molecule has 8 heteroatoms. The summed E-state index contributed by atoms with van der Waals surface area (Å²) in [7, 11) is 0. The maximum Gasteiger partial charge on any atom is 0.341 e. The molecule has 29 heavy (non-hydrogen) atoms. The predicted molar refractivity (Wildman–Crippen MR) is 102 cm³/mol. The molecule has 2 rings (SSSR count). The van der Waals surface area contributed by atoms with Gasteiger partial charge in [-0.1, -0.05) is 35.4 Å². The van der Waals surface area contributed by atoms with Gasteiger partial charge < -0.3 is 9.84 Å². The van der Waals surface area contributed by atoms with Crippen molar-refractivity contribution < 1.29 is 39.4 Å². The zero-order chi connectivity index (χ0) is 21.6. The van der Waals surface area contributed by atoms with E-state index in [1.807, 2.05) is 19.1 Å². The topological polar surface area (TPSA) is 112 Å². The molecule has 0 spiro atoms. The van der Waals surface area contributed by atoms with Crippen LogP contribution in [-0.4, -0.2) is 28.1 Å². The van der Waals surface area contributed by atoms with Gasteiger partial charge in [-0.15, -0.1) is 0 Å². The first-order valence-corrected chi connectivity index (χ1v) is 8.85. The molecule has 2 aromatic carbocycles. The summed E-state index contributed by atoms with van der Waals surface area (Å²) < 4.78 is 5.29. The van der Waals surface area contributed by atoms with Crippen LogP contribution in [0.4, 0.5) is 0 Å². The Morgan fingerprint density at radius 3 is 2.24 bits per heavy atom. The molecular formula is C21H24O8. The average molecular weight is 404 g/mol. The third kappa shape index (κ3) is 6.37. The minimum Gasteiger partial charge on any atom is -0.478 e. The highest BCUT2D eigenvalue weighted by Crippen LogP contribution is 2.21. The normalized spacial score (nSPS) is 11.3. The molecule has 156 valence electrons. The maximum atomic E-state index is 12.5. The lowest BCUT2D eigenvalue weighted by Gasteiger charge is -2.24. The molecular weight excluding hydrogens is 380 g/mol. The van der Waals surface area contributed by atoms with Crippen molar-refractivity contribution in [1.29, 1.82) is 0 Å². The van der Waals surface area contributed by atoms with E-state index in [0.29, 0.717) is 5.56 Å². The number of benzene rings is 2. The number of aromatic carboxylic acids is 1. The van der Waals surface area contributed by atoms with E-state index in [0.717, 1.165) is 16.7 Å². The highest BCUT2D eigenvalue weighted by molar-refractivity contribution is 6.02. The lowest BCUT2D eigenvalue weighted by atomic mass is 10.0. The maximum absolute atomic E-state index is 12.5. The van der Waals surface area contributed by atoms with Gasteiger partial charge in [0.25, 0.3) is 0 Å². The molecule has 0 aliphatic heterocycles. The average Bonchev–Trinajstić information content (AvgIpc) is 2.63. The second-order valence-electron chi connectivity index (χ2n) is 7.03. The fourth-order valence-corrected chi connectivity index (χ4v) is 2.64. The molecule has 0 atom stereocenters. The molecule has 0 unspecified atom stereocenters. The van der Waals surface area contributed by atoms with Gasteiger partial charge in [0.05, 0.1) is 11.1 Å².